The van der Waals surface area contributed by atoms with Crippen molar-refractivity contribution in [1.29, 1.82) is 0 Å². The average molecular weight is 500 g/mol. The Morgan fingerprint density at radius 2 is 1.82 bits per heavy atom. The van der Waals surface area contributed by atoms with Crippen LogP contribution in [0.2, 0.25) is 5.02 Å². The second-order valence-corrected chi connectivity index (χ2v) is 8.84. The van der Waals surface area contributed by atoms with E-state index in [-0.39, 0.29) is 22.4 Å². The molecule has 3 aromatic rings. The highest BCUT2D eigenvalue weighted by molar-refractivity contribution is 7.80. The van der Waals surface area contributed by atoms with Gasteiger partial charge < -0.3 is 10.6 Å². The number of nitrogens with one attached hydrogen (secondary N) is 1. The second kappa shape index (κ2) is 10.9. The molecular weight excluding hydrogens is 476 g/mol. The van der Waals surface area contributed by atoms with E-state index in [1.165, 1.54) is 6.07 Å². The molecule has 34 heavy (non-hydrogen) atoms. The molecule has 4 rings (SSSR count). The van der Waals surface area contributed by atoms with Gasteiger partial charge >= 0.3 is 0 Å². The Morgan fingerprint density at radius 1 is 1.09 bits per heavy atom. The maximum atomic E-state index is 15.1. The van der Waals surface area contributed by atoms with Crippen LogP contribution in [-0.4, -0.2) is 35.9 Å². The summed E-state index contributed by atoms with van der Waals surface area (Å²) in [4.78, 5) is 4.21. The molecule has 1 atom stereocenters. The number of hydrogen-bond acceptors (Lipinski definition) is 4. The number of halogens is 3. The van der Waals surface area contributed by atoms with Gasteiger partial charge in [-0.2, -0.15) is 5.10 Å². The lowest BCUT2D eigenvalue weighted by atomic mass is 10.0. The summed E-state index contributed by atoms with van der Waals surface area (Å²) in [6.07, 6.45) is 1.15. The minimum Gasteiger partial charge on any atom is -0.375 e. The van der Waals surface area contributed by atoms with Gasteiger partial charge in [0.25, 0.3) is 0 Å². The van der Waals surface area contributed by atoms with Crippen LogP contribution in [0.25, 0.3) is 0 Å². The summed E-state index contributed by atoms with van der Waals surface area (Å²) >= 11 is 11.1. The first-order chi connectivity index (χ1) is 16.4. The van der Waals surface area contributed by atoms with E-state index < -0.39 is 11.6 Å². The molecule has 0 aromatic heterocycles. The second-order valence-electron chi connectivity index (χ2n) is 7.99. The molecule has 1 heterocycles. The van der Waals surface area contributed by atoms with E-state index in [4.69, 9.17) is 17.3 Å². The number of hydrogen-bond donors (Lipinski definition) is 2. The molecule has 0 radical (unpaired) electrons. The molecule has 5 nitrogen and oxygen atoms in total. The zero-order valence-electron chi connectivity index (χ0n) is 18.3. The van der Waals surface area contributed by atoms with Crippen molar-refractivity contribution in [2.45, 2.75) is 12.6 Å². The fourth-order valence-corrected chi connectivity index (χ4v) is 4.37. The van der Waals surface area contributed by atoms with Gasteiger partial charge in [0, 0.05) is 42.8 Å². The Hall–Kier alpha value is -3.07. The molecule has 0 unspecified atom stereocenters. The molecule has 176 valence electrons. The normalized spacial score (nSPS) is 16.7. The Bertz CT molecular complexity index is 1190. The summed E-state index contributed by atoms with van der Waals surface area (Å²) in [7, 11) is 0. The molecule has 3 N–H and O–H groups in total. The monoisotopic (exact) mass is 499 g/mol. The van der Waals surface area contributed by atoms with Crippen molar-refractivity contribution in [3.63, 3.8) is 0 Å². The molecule has 9 heteroatoms. The van der Waals surface area contributed by atoms with E-state index >= 15 is 4.39 Å². The third-order valence-electron chi connectivity index (χ3n) is 5.79. The number of hydrazone groups is 1. The van der Waals surface area contributed by atoms with Gasteiger partial charge in [-0.3, -0.25) is 10.3 Å². The van der Waals surface area contributed by atoms with Gasteiger partial charge in [0.2, 0.25) is 0 Å². The predicted molar refractivity (Wildman–Crippen MR) is 137 cm³/mol. The third kappa shape index (κ3) is 5.70. The number of piperazine rings is 1. The lowest BCUT2D eigenvalue weighted by molar-refractivity contribution is 0.168. The Kier molecular flexibility index (Phi) is 7.72. The first kappa shape index (κ1) is 24.1. The van der Waals surface area contributed by atoms with Crippen LogP contribution >= 0.6 is 23.8 Å². The Morgan fingerprint density at radius 3 is 2.56 bits per heavy atom. The molecule has 1 saturated heterocycles. The Balaban J connectivity index is 1.59. The zero-order chi connectivity index (χ0) is 24.1. The van der Waals surface area contributed by atoms with Crippen LogP contribution in [0.3, 0.4) is 0 Å². The van der Waals surface area contributed by atoms with Crippen LogP contribution in [0.1, 0.15) is 22.7 Å². The molecule has 1 fully saturated rings. The van der Waals surface area contributed by atoms with E-state index in [9.17, 15) is 4.39 Å². The highest BCUT2D eigenvalue weighted by Gasteiger charge is 2.30. The van der Waals surface area contributed by atoms with Crippen molar-refractivity contribution in [2.75, 3.05) is 24.5 Å². The van der Waals surface area contributed by atoms with Crippen molar-refractivity contribution in [3.8, 4) is 0 Å². The summed E-state index contributed by atoms with van der Waals surface area (Å²) < 4.78 is 29.8. The van der Waals surface area contributed by atoms with Gasteiger partial charge in [-0.05, 0) is 35.5 Å². The lowest BCUT2D eigenvalue weighted by Crippen LogP contribution is -2.48. The van der Waals surface area contributed by atoms with Crippen LogP contribution in [0.5, 0.6) is 0 Å². The summed E-state index contributed by atoms with van der Waals surface area (Å²) in [6, 6.07) is 20.1. The van der Waals surface area contributed by atoms with Crippen molar-refractivity contribution in [3.05, 3.63) is 100 Å². The fraction of sp³-hybridized carbons (Fsp3) is 0.200. The van der Waals surface area contributed by atoms with Crippen LogP contribution in [0.4, 0.5) is 14.5 Å². The third-order valence-corrected chi connectivity index (χ3v) is 6.25. The summed E-state index contributed by atoms with van der Waals surface area (Å²) in [5.41, 5.74) is 9.99. The summed E-state index contributed by atoms with van der Waals surface area (Å²) in [5, 5.41) is 4.37. The highest BCUT2D eigenvalue weighted by atomic mass is 35.5. The molecule has 1 aliphatic rings. The van der Waals surface area contributed by atoms with E-state index in [2.05, 4.69) is 39.8 Å². The first-order valence-corrected chi connectivity index (χ1v) is 11.6. The summed E-state index contributed by atoms with van der Waals surface area (Å²) in [5.74, 6) is -1.11. The van der Waals surface area contributed by atoms with Crippen molar-refractivity contribution < 1.29 is 8.78 Å². The predicted octanol–water partition coefficient (Wildman–Crippen LogP) is 4.85. The van der Waals surface area contributed by atoms with Crippen molar-refractivity contribution >= 4 is 40.8 Å². The topological polar surface area (TPSA) is 56.9 Å². The van der Waals surface area contributed by atoms with Crippen LogP contribution < -0.4 is 16.1 Å². The van der Waals surface area contributed by atoms with Crippen LogP contribution in [0.15, 0.2) is 71.8 Å². The number of anilines is 1. The molecular formula is C25H24ClF2N5S. The molecule has 3 aromatic carbocycles. The van der Waals surface area contributed by atoms with Crippen LogP contribution in [0, 0.1) is 11.6 Å². The van der Waals surface area contributed by atoms with Gasteiger partial charge in [-0.15, -0.1) is 0 Å². The van der Waals surface area contributed by atoms with E-state index in [1.54, 1.807) is 0 Å². The van der Waals surface area contributed by atoms with Gasteiger partial charge in [0.15, 0.2) is 5.11 Å². The van der Waals surface area contributed by atoms with Gasteiger partial charge in [0.05, 0.1) is 17.9 Å². The number of nitrogens with two attached hydrogens (primary N) is 1. The fourth-order valence-electron chi connectivity index (χ4n) is 4.12. The van der Waals surface area contributed by atoms with Crippen LogP contribution in [-0.2, 0) is 6.54 Å². The maximum absolute atomic E-state index is 15.1. The van der Waals surface area contributed by atoms with Gasteiger partial charge in [-0.1, -0.05) is 60.1 Å². The molecule has 0 amide bonds. The molecule has 0 saturated carbocycles. The van der Waals surface area contributed by atoms with E-state index in [0.29, 0.717) is 31.2 Å². The molecule has 0 bridgehead atoms. The largest absolute Gasteiger partial charge is 0.375 e. The standard InChI is InChI=1S/C25H24ClF2N5S/c26-20-9-5-4-8-18(20)15-32-10-11-33(16-24(32)17-6-2-1-3-7-17)23-13-21(27)19(12-22(23)28)14-30-31-25(29)34/h1-9,12-14,24H,10-11,15-16H2,(H3,29,31,34)/b30-14+/t24-/m0/s1. The van der Waals surface area contributed by atoms with E-state index in [0.717, 1.165) is 23.4 Å². The SMILES string of the molecule is NC(=S)N/N=C/c1cc(F)c(N2CCN(Cc3ccccc3Cl)[C@H](c3ccccc3)C2)cc1F. The minimum absolute atomic E-state index is 0.00182. The maximum Gasteiger partial charge on any atom is 0.184 e. The van der Waals surface area contributed by atoms with Crippen molar-refractivity contribution in [1.82, 2.24) is 10.3 Å². The molecule has 0 aliphatic carbocycles. The zero-order valence-corrected chi connectivity index (χ0v) is 19.9. The van der Waals surface area contributed by atoms with E-state index in [1.807, 2.05) is 47.4 Å². The minimum atomic E-state index is -0.584. The smallest absolute Gasteiger partial charge is 0.184 e. The highest BCUT2D eigenvalue weighted by Crippen LogP contribution is 2.32. The number of nitrogens with zero attached hydrogens (tertiary/aromatic N) is 3. The Labute approximate surface area is 207 Å². The average Bonchev–Trinajstić information content (AvgIpc) is 2.83. The van der Waals surface area contributed by atoms with Crippen molar-refractivity contribution in [2.24, 2.45) is 10.8 Å². The number of thiocarbonyl (C=S) groups is 1. The van der Waals surface area contributed by atoms with Gasteiger partial charge in [-0.25, -0.2) is 8.78 Å². The lowest BCUT2D eigenvalue weighted by Gasteiger charge is -2.43. The molecule has 0 spiro atoms. The van der Waals surface area contributed by atoms with Gasteiger partial charge in [0.1, 0.15) is 11.6 Å². The summed E-state index contributed by atoms with van der Waals surface area (Å²) in [6.45, 7) is 2.37. The number of rotatable bonds is 6. The number of benzene rings is 3. The molecule has 1 aliphatic heterocycles. The first-order valence-electron chi connectivity index (χ1n) is 10.8. The quantitative estimate of drug-likeness (QED) is 0.288.